The van der Waals surface area contributed by atoms with Crippen LogP contribution in [0.2, 0.25) is 5.02 Å². The van der Waals surface area contributed by atoms with E-state index in [0.29, 0.717) is 6.54 Å². The fourth-order valence-electron chi connectivity index (χ4n) is 2.07. The molecule has 1 heterocycles. The van der Waals surface area contributed by atoms with Crippen molar-refractivity contribution >= 4 is 35.1 Å². The summed E-state index contributed by atoms with van der Waals surface area (Å²) in [7, 11) is 0. The van der Waals surface area contributed by atoms with Crippen molar-refractivity contribution in [1.29, 1.82) is 0 Å². The molecule has 0 bridgehead atoms. The van der Waals surface area contributed by atoms with Gasteiger partial charge in [0.1, 0.15) is 5.82 Å². The third kappa shape index (κ3) is 3.34. The lowest BCUT2D eigenvalue weighted by atomic mass is 9.99. The van der Waals surface area contributed by atoms with Gasteiger partial charge in [-0.15, -0.1) is 0 Å². The third-order valence-corrected chi connectivity index (χ3v) is 3.61. The van der Waals surface area contributed by atoms with E-state index in [1.165, 1.54) is 12.1 Å². The second-order valence-corrected chi connectivity index (χ2v) is 5.26. The molecule has 1 aliphatic rings. The van der Waals surface area contributed by atoms with Gasteiger partial charge in [-0.05, 0) is 31.2 Å². The van der Waals surface area contributed by atoms with E-state index in [0.717, 1.165) is 6.07 Å². The highest BCUT2D eigenvalue weighted by Crippen LogP contribution is 2.19. The van der Waals surface area contributed by atoms with Crippen molar-refractivity contribution in [2.24, 2.45) is 0 Å². The smallest absolute Gasteiger partial charge is 0.330 e. The van der Waals surface area contributed by atoms with Crippen LogP contribution in [-0.4, -0.2) is 41.5 Å². The number of carbonyl (C=O) groups is 3. The summed E-state index contributed by atoms with van der Waals surface area (Å²) < 4.78 is 13.3. The van der Waals surface area contributed by atoms with Gasteiger partial charge in [-0.3, -0.25) is 9.59 Å². The molecule has 0 radical (unpaired) electrons. The van der Waals surface area contributed by atoms with E-state index in [1.54, 1.807) is 0 Å². The van der Waals surface area contributed by atoms with Crippen LogP contribution in [0.3, 0.4) is 0 Å². The summed E-state index contributed by atoms with van der Waals surface area (Å²) in [5, 5.41) is 16.3. The van der Waals surface area contributed by atoms with Crippen LogP contribution >= 0.6 is 11.6 Å². The first-order valence-electron chi connectivity index (χ1n) is 6.37. The fraction of sp³-hybridized carbons (Fsp3) is 0.308. The molecule has 0 aliphatic carbocycles. The number of nitrogens with one attached hydrogen (secondary N) is 3. The third-order valence-electron chi connectivity index (χ3n) is 3.30. The van der Waals surface area contributed by atoms with Crippen molar-refractivity contribution in [2.45, 2.75) is 12.0 Å². The van der Waals surface area contributed by atoms with Gasteiger partial charge in [0.15, 0.2) is 5.54 Å². The van der Waals surface area contributed by atoms with Crippen molar-refractivity contribution < 1.29 is 23.9 Å². The number of aliphatic carboxylic acids is 1. The summed E-state index contributed by atoms with van der Waals surface area (Å²) in [5.74, 6) is -4.17. The summed E-state index contributed by atoms with van der Waals surface area (Å²) in [6.07, 6.45) is 0.164. The minimum absolute atomic E-state index is 0.0247. The molecule has 1 aromatic rings. The summed E-state index contributed by atoms with van der Waals surface area (Å²) in [6.45, 7) is 0.438. The quantitative estimate of drug-likeness (QED) is 0.599. The summed E-state index contributed by atoms with van der Waals surface area (Å²) in [5.41, 5.74) is -1.48. The van der Waals surface area contributed by atoms with Crippen molar-refractivity contribution in [2.75, 3.05) is 18.4 Å². The number of carbonyl (C=O) groups excluding carboxylic acids is 2. The van der Waals surface area contributed by atoms with Crippen molar-refractivity contribution in [1.82, 2.24) is 10.6 Å². The minimum atomic E-state index is -1.51. The first-order chi connectivity index (χ1) is 10.3. The summed E-state index contributed by atoms with van der Waals surface area (Å²) in [4.78, 5) is 34.9. The number of anilines is 1. The molecule has 1 aliphatic heterocycles. The Labute approximate surface area is 129 Å². The molecule has 1 saturated heterocycles. The molecule has 1 aromatic carbocycles. The van der Waals surface area contributed by atoms with E-state index >= 15 is 0 Å². The normalized spacial score (nSPS) is 20.5. The van der Waals surface area contributed by atoms with E-state index < -0.39 is 29.1 Å². The van der Waals surface area contributed by atoms with Gasteiger partial charge in [0.25, 0.3) is 0 Å². The maximum Gasteiger partial charge on any atom is 0.330 e. The summed E-state index contributed by atoms with van der Waals surface area (Å²) in [6, 6.07) is 3.50. The monoisotopic (exact) mass is 329 g/mol. The highest BCUT2D eigenvalue weighted by Gasteiger charge is 2.43. The molecule has 0 spiro atoms. The Hall–Kier alpha value is -2.19. The second-order valence-electron chi connectivity index (χ2n) is 4.85. The molecular weight excluding hydrogens is 317 g/mol. The molecular formula is C13H13ClFN3O4. The SMILES string of the molecule is O=C(Nc1ccc(Cl)c(F)c1)C(=O)NC1(C(=O)O)CCNC1. The number of hydrogen-bond donors (Lipinski definition) is 4. The van der Waals surface area contributed by atoms with Gasteiger partial charge < -0.3 is 21.1 Å². The molecule has 1 fully saturated rings. The molecule has 9 heteroatoms. The maximum absolute atomic E-state index is 13.3. The van der Waals surface area contributed by atoms with E-state index in [-0.39, 0.29) is 23.7 Å². The first kappa shape index (κ1) is 16.2. The Balaban J connectivity index is 2.04. The largest absolute Gasteiger partial charge is 0.479 e. The molecule has 2 amide bonds. The number of hydrogen-bond acceptors (Lipinski definition) is 4. The molecule has 4 N–H and O–H groups in total. The Kier molecular flexibility index (Phi) is 4.62. The van der Waals surface area contributed by atoms with Crippen LogP contribution in [-0.2, 0) is 14.4 Å². The molecule has 7 nitrogen and oxygen atoms in total. The highest BCUT2D eigenvalue weighted by atomic mass is 35.5. The Morgan fingerprint density at radius 3 is 2.59 bits per heavy atom. The molecule has 0 saturated carbocycles. The van der Waals surface area contributed by atoms with Crippen LogP contribution in [0.1, 0.15) is 6.42 Å². The lowest BCUT2D eigenvalue weighted by Gasteiger charge is -2.24. The van der Waals surface area contributed by atoms with Crippen LogP contribution in [0, 0.1) is 5.82 Å². The van der Waals surface area contributed by atoms with Crippen LogP contribution in [0.5, 0.6) is 0 Å². The fourth-order valence-corrected chi connectivity index (χ4v) is 2.19. The lowest BCUT2D eigenvalue weighted by molar-refractivity contribution is -0.148. The zero-order chi connectivity index (χ0) is 16.3. The lowest BCUT2D eigenvalue weighted by Crippen LogP contribution is -2.58. The van der Waals surface area contributed by atoms with E-state index in [2.05, 4.69) is 16.0 Å². The van der Waals surface area contributed by atoms with Crippen LogP contribution in [0.4, 0.5) is 10.1 Å². The standard InChI is InChI=1S/C13H13ClFN3O4/c14-8-2-1-7(5-9(8)15)17-10(19)11(20)18-13(12(21)22)3-4-16-6-13/h1-2,5,16H,3-4,6H2,(H,17,19)(H,18,20)(H,21,22). The maximum atomic E-state index is 13.3. The Morgan fingerprint density at radius 2 is 2.05 bits per heavy atom. The molecule has 1 unspecified atom stereocenters. The molecule has 118 valence electrons. The minimum Gasteiger partial charge on any atom is -0.479 e. The van der Waals surface area contributed by atoms with Crippen LogP contribution < -0.4 is 16.0 Å². The van der Waals surface area contributed by atoms with Gasteiger partial charge in [-0.25, -0.2) is 9.18 Å². The van der Waals surface area contributed by atoms with Gasteiger partial charge in [0, 0.05) is 12.2 Å². The van der Waals surface area contributed by atoms with E-state index in [1.807, 2.05) is 0 Å². The first-order valence-corrected chi connectivity index (χ1v) is 6.74. The zero-order valence-electron chi connectivity index (χ0n) is 11.3. The van der Waals surface area contributed by atoms with Crippen molar-refractivity contribution in [3.8, 4) is 0 Å². The summed E-state index contributed by atoms with van der Waals surface area (Å²) >= 11 is 5.51. The predicted octanol–water partition coefficient (Wildman–Crippen LogP) is 0.350. The van der Waals surface area contributed by atoms with Gasteiger partial charge in [-0.2, -0.15) is 0 Å². The molecule has 0 aromatic heterocycles. The van der Waals surface area contributed by atoms with Crippen molar-refractivity contribution in [3.63, 3.8) is 0 Å². The molecule has 22 heavy (non-hydrogen) atoms. The topological polar surface area (TPSA) is 108 Å². The van der Waals surface area contributed by atoms with E-state index in [4.69, 9.17) is 11.6 Å². The number of benzene rings is 1. The average molecular weight is 330 g/mol. The molecule has 1 atom stereocenters. The highest BCUT2D eigenvalue weighted by molar-refractivity contribution is 6.40. The van der Waals surface area contributed by atoms with Crippen LogP contribution in [0.25, 0.3) is 0 Å². The number of carboxylic acid groups (broad SMARTS) is 1. The zero-order valence-corrected chi connectivity index (χ0v) is 12.0. The van der Waals surface area contributed by atoms with Crippen LogP contribution in [0.15, 0.2) is 18.2 Å². The van der Waals surface area contributed by atoms with Gasteiger partial charge in [-0.1, -0.05) is 11.6 Å². The average Bonchev–Trinajstić information content (AvgIpc) is 2.92. The Morgan fingerprint density at radius 1 is 1.32 bits per heavy atom. The predicted molar refractivity (Wildman–Crippen MR) is 76.0 cm³/mol. The van der Waals surface area contributed by atoms with Gasteiger partial charge in [0.2, 0.25) is 0 Å². The number of amides is 2. The number of rotatable bonds is 3. The van der Waals surface area contributed by atoms with Gasteiger partial charge in [0.05, 0.1) is 5.02 Å². The van der Waals surface area contributed by atoms with Crippen molar-refractivity contribution in [3.05, 3.63) is 29.0 Å². The second kappa shape index (κ2) is 6.29. The number of halogens is 2. The number of carboxylic acids is 1. The Bertz CT molecular complexity index is 632. The van der Waals surface area contributed by atoms with E-state index in [9.17, 15) is 23.9 Å². The molecule has 2 rings (SSSR count). The van der Waals surface area contributed by atoms with Gasteiger partial charge >= 0.3 is 17.8 Å².